The van der Waals surface area contributed by atoms with Gasteiger partial charge < -0.3 is 15.0 Å². The monoisotopic (exact) mass is 425 g/mol. The largest absolute Gasteiger partial charge is 0.378 e. The van der Waals surface area contributed by atoms with Crippen molar-refractivity contribution in [3.8, 4) is 5.69 Å². The van der Waals surface area contributed by atoms with Crippen LogP contribution < -0.4 is 10.2 Å². The molecule has 1 aromatic carbocycles. The summed E-state index contributed by atoms with van der Waals surface area (Å²) in [6.45, 7) is 6.96. The number of aryl methyl sites for hydroxylation is 1. The Bertz CT molecular complexity index is 1020. The minimum absolute atomic E-state index is 0.0993. The fourth-order valence-electron chi connectivity index (χ4n) is 3.57. The molecule has 156 valence electrons. The van der Waals surface area contributed by atoms with E-state index in [1.165, 1.54) is 0 Å². The summed E-state index contributed by atoms with van der Waals surface area (Å²) in [5.41, 5.74) is 4.27. The first-order valence-corrected chi connectivity index (χ1v) is 10.3. The van der Waals surface area contributed by atoms with Gasteiger partial charge in [-0.05, 0) is 50.2 Å². The van der Waals surface area contributed by atoms with Gasteiger partial charge in [-0.15, -0.1) is 0 Å². The SMILES string of the molecule is Cc1nn(-c2ccc(Cl)cc2)c(C)c1CC(=O)Nc1ccc(N2CCOCC2)nc1. The lowest BCUT2D eigenvalue weighted by atomic mass is 10.1. The Balaban J connectivity index is 1.43. The summed E-state index contributed by atoms with van der Waals surface area (Å²) >= 11 is 5.98. The number of anilines is 2. The van der Waals surface area contributed by atoms with Gasteiger partial charge in [-0.3, -0.25) is 4.79 Å². The van der Waals surface area contributed by atoms with Crippen LogP contribution in [0.1, 0.15) is 17.0 Å². The molecule has 0 unspecified atom stereocenters. The second kappa shape index (κ2) is 8.85. The van der Waals surface area contributed by atoms with Gasteiger partial charge in [0.1, 0.15) is 5.82 Å². The van der Waals surface area contributed by atoms with Crippen molar-refractivity contribution in [2.75, 3.05) is 36.5 Å². The van der Waals surface area contributed by atoms with Crippen LogP contribution in [-0.2, 0) is 16.0 Å². The second-order valence-electron chi connectivity index (χ2n) is 7.27. The maximum atomic E-state index is 12.6. The minimum atomic E-state index is -0.0993. The standard InChI is InChI=1S/C22H24ClN5O2/c1-15-20(16(2)28(26-15)19-6-3-17(23)4-7-19)13-22(29)25-18-5-8-21(24-14-18)27-9-11-30-12-10-27/h3-8,14H,9-13H2,1-2H3,(H,25,29). The van der Waals surface area contributed by atoms with Crippen molar-refractivity contribution in [3.05, 3.63) is 64.6 Å². The normalized spacial score (nSPS) is 14.0. The Morgan fingerprint density at radius 3 is 2.53 bits per heavy atom. The molecule has 4 rings (SSSR count). The summed E-state index contributed by atoms with van der Waals surface area (Å²) in [4.78, 5) is 19.3. The van der Waals surface area contributed by atoms with Crippen LogP contribution >= 0.6 is 11.6 Å². The van der Waals surface area contributed by atoms with Crippen molar-refractivity contribution in [1.29, 1.82) is 0 Å². The Hall–Kier alpha value is -2.90. The first-order chi connectivity index (χ1) is 14.5. The molecule has 3 aromatic rings. The quantitative estimate of drug-likeness (QED) is 0.676. The van der Waals surface area contributed by atoms with Crippen LogP contribution in [0.2, 0.25) is 5.02 Å². The molecule has 1 aliphatic heterocycles. The summed E-state index contributed by atoms with van der Waals surface area (Å²) in [5, 5.41) is 8.21. The van der Waals surface area contributed by atoms with Gasteiger partial charge in [-0.25, -0.2) is 9.67 Å². The molecule has 1 N–H and O–H groups in total. The number of hydrogen-bond acceptors (Lipinski definition) is 5. The van der Waals surface area contributed by atoms with E-state index in [-0.39, 0.29) is 12.3 Å². The fourth-order valence-corrected chi connectivity index (χ4v) is 3.70. The molecule has 7 nitrogen and oxygen atoms in total. The summed E-state index contributed by atoms with van der Waals surface area (Å²) in [6, 6.07) is 11.3. The number of nitrogens with zero attached hydrogens (tertiary/aromatic N) is 4. The van der Waals surface area contributed by atoms with Crippen molar-refractivity contribution >= 4 is 29.0 Å². The molecule has 1 amide bonds. The van der Waals surface area contributed by atoms with Crippen LogP contribution in [0, 0.1) is 13.8 Å². The van der Waals surface area contributed by atoms with E-state index in [2.05, 4.69) is 20.3 Å². The summed E-state index contributed by atoms with van der Waals surface area (Å²) in [5.74, 6) is 0.796. The number of carbonyl (C=O) groups is 1. The zero-order valence-electron chi connectivity index (χ0n) is 17.1. The Labute approximate surface area is 180 Å². The Morgan fingerprint density at radius 1 is 1.13 bits per heavy atom. The molecule has 0 radical (unpaired) electrons. The van der Waals surface area contributed by atoms with Crippen LogP contribution in [0.15, 0.2) is 42.6 Å². The zero-order valence-corrected chi connectivity index (χ0v) is 17.8. The molecule has 0 bridgehead atoms. The second-order valence-corrected chi connectivity index (χ2v) is 7.70. The summed E-state index contributed by atoms with van der Waals surface area (Å²) in [6.07, 6.45) is 1.94. The van der Waals surface area contributed by atoms with Gasteiger partial charge in [0.15, 0.2) is 0 Å². The van der Waals surface area contributed by atoms with Crippen LogP contribution in [0.4, 0.5) is 11.5 Å². The van der Waals surface area contributed by atoms with Crippen molar-refractivity contribution < 1.29 is 9.53 Å². The van der Waals surface area contributed by atoms with Gasteiger partial charge in [0.05, 0.1) is 42.9 Å². The molecule has 0 spiro atoms. The Morgan fingerprint density at radius 2 is 1.87 bits per heavy atom. The van der Waals surface area contributed by atoms with E-state index in [4.69, 9.17) is 16.3 Å². The third kappa shape index (κ3) is 4.47. The number of ether oxygens (including phenoxy) is 1. The van der Waals surface area contributed by atoms with Gasteiger partial charge in [0.25, 0.3) is 0 Å². The first-order valence-electron chi connectivity index (χ1n) is 9.91. The molecule has 2 aromatic heterocycles. The third-order valence-electron chi connectivity index (χ3n) is 5.22. The van der Waals surface area contributed by atoms with Gasteiger partial charge >= 0.3 is 0 Å². The summed E-state index contributed by atoms with van der Waals surface area (Å²) in [7, 11) is 0. The van der Waals surface area contributed by atoms with E-state index in [0.29, 0.717) is 23.9 Å². The number of morpholine rings is 1. The molecule has 8 heteroatoms. The number of pyridine rings is 1. The van der Waals surface area contributed by atoms with Gasteiger partial charge in [-0.2, -0.15) is 5.10 Å². The highest BCUT2D eigenvalue weighted by molar-refractivity contribution is 6.30. The number of rotatable bonds is 5. The van der Waals surface area contributed by atoms with Crippen LogP contribution in [0.5, 0.6) is 0 Å². The number of halogens is 1. The summed E-state index contributed by atoms with van der Waals surface area (Å²) < 4.78 is 7.21. The molecule has 0 aliphatic carbocycles. The van der Waals surface area contributed by atoms with Crippen LogP contribution in [0.3, 0.4) is 0 Å². The van der Waals surface area contributed by atoms with Crippen LogP contribution in [-0.4, -0.2) is 47.0 Å². The number of amides is 1. The molecule has 30 heavy (non-hydrogen) atoms. The third-order valence-corrected chi connectivity index (χ3v) is 5.47. The maximum Gasteiger partial charge on any atom is 0.228 e. The van der Waals surface area contributed by atoms with Gasteiger partial charge in [0, 0.05) is 29.4 Å². The number of nitrogens with one attached hydrogen (secondary N) is 1. The number of carbonyl (C=O) groups excluding carboxylic acids is 1. The smallest absolute Gasteiger partial charge is 0.228 e. The van der Waals surface area contributed by atoms with E-state index in [1.807, 2.05) is 54.9 Å². The van der Waals surface area contributed by atoms with E-state index in [1.54, 1.807) is 6.20 Å². The highest BCUT2D eigenvalue weighted by Crippen LogP contribution is 2.21. The predicted molar refractivity (Wildman–Crippen MR) is 118 cm³/mol. The lowest BCUT2D eigenvalue weighted by molar-refractivity contribution is -0.115. The average molecular weight is 426 g/mol. The predicted octanol–water partition coefficient (Wildman–Crippen LogP) is 3.56. The fraction of sp³-hybridized carbons (Fsp3) is 0.318. The molecule has 1 fully saturated rings. The first kappa shape index (κ1) is 20.4. The topological polar surface area (TPSA) is 72.3 Å². The van der Waals surface area contributed by atoms with E-state index >= 15 is 0 Å². The van der Waals surface area contributed by atoms with E-state index in [9.17, 15) is 4.79 Å². The van der Waals surface area contributed by atoms with E-state index < -0.39 is 0 Å². The van der Waals surface area contributed by atoms with Crippen molar-refractivity contribution in [3.63, 3.8) is 0 Å². The number of benzene rings is 1. The van der Waals surface area contributed by atoms with Crippen LogP contribution in [0.25, 0.3) is 5.69 Å². The number of hydrogen-bond donors (Lipinski definition) is 1. The zero-order chi connectivity index (χ0) is 21.1. The van der Waals surface area contributed by atoms with Crippen molar-refractivity contribution in [1.82, 2.24) is 14.8 Å². The maximum absolute atomic E-state index is 12.6. The molecular formula is C22H24ClN5O2. The average Bonchev–Trinajstić information content (AvgIpc) is 3.04. The highest BCUT2D eigenvalue weighted by atomic mass is 35.5. The Kier molecular flexibility index (Phi) is 6.01. The van der Waals surface area contributed by atoms with Crippen molar-refractivity contribution in [2.24, 2.45) is 0 Å². The molecule has 3 heterocycles. The van der Waals surface area contributed by atoms with Gasteiger partial charge in [-0.1, -0.05) is 11.6 Å². The lowest BCUT2D eigenvalue weighted by Gasteiger charge is -2.27. The molecule has 0 atom stereocenters. The molecule has 1 saturated heterocycles. The molecule has 1 aliphatic rings. The number of aromatic nitrogens is 3. The van der Waals surface area contributed by atoms with Crippen molar-refractivity contribution in [2.45, 2.75) is 20.3 Å². The lowest BCUT2D eigenvalue weighted by Crippen LogP contribution is -2.36. The van der Waals surface area contributed by atoms with E-state index in [0.717, 1.165) is 41.5 Å². The highest BCUT2D eigenvalue weighted by Gasteiger charge is 2.17. The molecular weight excluding hydrogens is 402 g/mol. The minimum Gasteiger partial charge on any atom is -0.378 e. The molecule has 0 saturated carbocycles. The van der Waals surface area contributed by atoms with Gasteiger partial charge in [0.2, 0.25) is 5.91 Å².